The van der Waals surface area contributed by atoms with Gasteiger partial charge in [0.25, 0.3) is 0 Å². The zero-order valence-electron chi connectivity index (χ0n) is 12.2. The molecule has 0 aliphatic carbocycles. The van der Waals surface area contributed by atoms with Gasteiger partial charge in [-0.25, -0.2) is 0 Å². The molecule has 0 unspecified atom stereocenters. The maximum absolute atomic E-state index is 11.6. The average Bonchev–Trinajstić information content (AvgIpc) is 2.43. The van der Waals surface area contributed by atoms with Gasteiger partial charge in [-0.15, -0.1) is 12.4 Å². The largest absolute Gasteiger partial charge is 0.494 e. The second-order valence-corrected chi connectivity index (χ2v) is 4.53. The molecule has 0 bridgehead atoms. The van der Waals surface area contributed by atoms with Gasteiger partial charge in [-0.3, -0.25) is 4.79 Å². The number of ether oxygens (including phenoxy) is 1. The van der Waals surface area contributed by atoms with Crippen molar-refractivity contribution in [3.63, 3.8) is 0 Å². The Kier molecular flexibility index (Phi) is 10.8. The fraction of sp³-hybridized carbons (Fsp3) is 0.533. The molecule has 114 valence electrons. The Labute approximate surface area is 127 Å². The first-order valence-corrected chi connectivity index (χ1v) is 6.90. The van der Waals surface area contributed by atoms with Gasteiger partial charge in [-0.2, -0.15) is 0 Å². The summed E-state index contributed by atoms with van der Waals surface area (Å²) in [6, 6.07) is 9.96. The second-order valence-electron chi connectivity index (χ2n) is 4.53. The van der Waals surface area contributed by atoms with E-state index in [1.54, 1.807) is 0 Å². The highest BCUT2D eigenvalue weighted by molar-refractivity contribution is 5.85. The minimum atomic E-state index is 0. The number of carbonyl (C=O) groups excluding carboxylic acids is 1. The normalized spacial score (nSPS) is 11.3. The predicted molar refractivity (Wildman–Crippen MR) is 84.6 cm³/mol. The molecule has 1 aromatic carbocycles. The number of likely N-dealkylation sites (N-methyl/N-ethyl adjacent to an activating group) is 1. The number of hydrogen-bond donors (Lipinski definition) is 2. The van der Waals surface area contributed by atoms with Crippen LogP contribution in [-0.2, 0) is 4.79 Å². The third-order valence-electron chi connectivity index (χ3n) is 2.72. The van der Waals surface area contributed by atoms with E-state index in [1.165, 1.54) is 0 Å². The van der Waals surface area contributed by atoms with Crippen molar-refractivity contribution in [2.45, 2.75) is 32.7 Å². The molecule has 1 amide bonds. The fourth-order valence-electron chi connectivity index (χ4n) is 1.72. The van der Waals surface area contributed by atoms with E-state index in [-0.39, 0.29) is 18.3 Å². The minimum absolute atomic E-state index is 0. The van der Waals surface area contributed by atoms with Crippen LogP contribution in [0.1, 0.15) is 26.7 Å². The Balaban J connectivity index is 0.00000361. The highest BCUT2D eigenvalue weighted by atomic mass is 35.5. The molecule has 1 atom stereocenters. The fourth-order valence-corrected chi connectivity index (χ4v) is 1.72. The van der Waals surface area contributed by atoms with E-state index in [2.05, 4.69) is 24.5 Å². The maximum Gasteiger partial charge on any atom is 0.220 e. The Bertz CT molecular complexity index is 360. The zero-order valence-corrected chi connectivity index (χ0v) is 13.0. The molecule has 0 aromatic heterocycles. The molecule has 0 aliphatic heterocycles. The molecular weight excluding hydrogens is 276 g/mol. The standard InChI is InChI=1S/C15H24N2O2.ClH/c1-3-16-13(2)12-17-15(18)10-7-11-19-14-8-5-4-6-9-14;/h4-6,8-9,13,16H,3,7,10-12H2,1-2H3,(H,17,18);1H/t13-;/m1./s1. The highest BCUT2D eigenvalue weighted by Crippen LogP contribution is 2.08. The molecule has 5 heteroatoms. The molecule has 2 N–H and O–H groups in total. The van der Waals surface area contributed by atoms with Crippen molar-refractivity contribution >= 4 is 18.3 Å². The summed E-state index contributed by atoms with van der Waals surface area (Å²) in [6.45, 7) is 6.27. The van der Waals surface area contributed by atoms with Crippen LogP contribution in [0.5, 0.6) is 5.75 Å². The lowest BCUT2D eigenvalue weighted by atomic mass is 10.3. The van der Waals surface area contributed by atoms with Crippen LogP contribution >= 0.6 is 12.4 Å². The lowest BCUT2D eigenvalue weighted by Gasteiger charge is -2.13. The van der Waals surface area contributed by atoms with Gasteiger partial charge in [-0.05, 0) is 32.0 Å². The van der Waals surface area contributed by atoms with Gasteiger partial charge in [0, 0.05) is 19.0 Å². The topological polar surface area (TPSA) is 50.4 Å². The van der Waals surface area contributed by atoms with Crippen LogP contribution in [-0.4, -0.2) is 31.6 Å². The number of nitrogens with one attached hydrogen (secondary N) is 2. The Hall–Kier alpha value is -1.26. The summed E-state index contributed by atoms with van der Waals surface area (Å²) >= 11 is 0. The van der Waals surface area contributed by atoms with Crippen molar-refractivity contribution < 1.29 is 9.53 Å². The SMILES string of the molecule is CCN[C@H](C)CNC(=O)CCCOc1ccccc1.Cl. The smallest absolute Gasteiger partial charge is 0.220 e. The number of para-hydroxylation sites is 1. The number of amides is 1. The second kappa shape index (κ2) is 11.6. The summed E-state index contributed by atoms with van der Waals surface area (Å²) in [6.07, 6.45) is 1.24. The number of hydrogen-bond acceptors (Lipinski definition) is 3. The lowest BCUT2D eigenvalue weighted by Crippen LogP contribution is -2.38. The van der Waals surface area contributed by atoms with Gasteiger partial charge < -0.3 is 15.4 Å². The monoisotopic (exact) mass is 300 g/mol. The van der Waals surface area contributed by atoms with Crippen molar-refractivity contribution in [2.75, 3.05) is 19.7 Å². The first-order valence-electron chi connectivity index (χ1n) is 6.90. The molecule has 0 aliphatic rings. The predicted octanol–water partition coefficient (Wildman–Crippen LogP) is 2.38. The van der Waals surface area contributed by atoms with E-state index in [0.29, 0.717) is 25.6 Å². The van der Waals surface area contributed by atoms with Crippen molar-refractivity contribution in [3.05, 3.63) is 30.3 Å². The van der Waals surface area contributed by atoms with Crippen molar-refractivity contribution in [1.29, 1.82) is 0 Å². The number of carbonyl (C=O) groups is 1. The Morgan fingerprint density at radius 2 is 2.00 bits per heavy atom. The molecule has 0 spiro atoms. The Morgan fingerprint density at radius 1 is 1.30 bits per heavy atom. The molecule has 1 aromatic rings. The van der Waals surface area contributed by atoms with E-state index in [4.69, 9.17) is 4.74 Å². The molecule has 0 fully saturated rings. The molecule has 4 nitrogen and oxygen atoms in total. The Morgan fingerprint density at radius 3 is 2.65 bits per heavy atom. The third-order valence-corrected chi connectivity index (χ3v) is 2.72. The number of halogens is 1. The number of benzene rings is 1. The van der Waals surface area contributed by atoms with Crippen LogP contribution in [0.25, 0.3) is 0 Å². The van der Waals surface area contributed by atoms with Gasteiger partial charge >= 0.3 is 0 Å². The molecule has 0 saturated heterocycles. The first kappa shape index (κ1) is 18.7. The molecule has 0 radical (unpaired) electrons. The van der Waals surface area contributed by atoms with E-state index >= 15 is 0 Å². The summed E-state index contributed by atoms with van der Waals surface area (Å²) in [5.41, 5.74) is 0. The molecular formula is C15H25ClN2O2. The number of rotatable bonds is 9. The van der Waals surface area contributed by atoms with Crippen LogP contribution in [0.2, 0.25) is 0 Å². The van der Waals surface area contributed by atoms with Crippen LogP contribution in [0.3, 0.4) is 0 Å². The minimum Gasteiger partial charge on any atom is -0.494 e. The summed E-state index contributed by atoms with van der Waals surface area (Å²) < 4.78 is 5.53. The summed E-state index contributed by atoms with van der Waals surface area (Å²) in [7, 11) is 0. The van der Waals surface area contributed by atoms with Crippen molar-refractivity contribution in [2.24, 2.45) is 0 Å². The van der Waals surface area contributed by atoms with E-state index in [1.807, 2.05) is 30.3 Å². The molecule has 0 saturated carbocycles. The van der Waals surface area contributed by atoms with Crippen molar-refractivity contribution in [3.8, 4) is 5.75 Å². The van der Waals surface area contributed by atoms with Crippen LogP contribution in [0.15, 0.2) is 30.3 Å². The third kappa shape index (κ3) is 8.77. The van der Waals surface area contributed by atoms with Gasteiger partial charge in [-0.1, -0.05) is 25.1 Å². The first-order chi connectivity index (χ1) is 9.22. The van der Waals surface area contributed by atoms with E-state index in [0.717, 1.165) is 18.7 Å². The molecule has 20 heavy (non-hydrogen) atoms. The van der Waals surface area contributed by atoms with Gasteiger partial charge in [0.1, 0.15) is 5.75 Å². The molecule has 0 heterocycles. The summed E-state index contributed by atoms with van der Waals surface area (Å²) in [5.74, 6) is 0.935. The van der Waals surface area contributed by atoms with Crippen LogP contribution < -0.4 is 15.4 Å². The average molecular weight is 301 g/mol. The van der Waals surface area contributed by atoms with Crippen molar-refractivity contribution in [1.82, 2.24) is 10.6 Å². The maximum atomic E-state index is 11.6. The quantitative estimate of drug-likeness (QED) is 0.689. The highest BCUT2D eigenvalue weighted by Gasteiger charge is 2.04. The van der Waals surface area contributed by atoms with Gasteiger partial charge in [0.2, 0.25) is 5.91 Å². The van der Waals surface area contributed by atoms with Gasteiger partial charge in [0.05, 0.1) is 6.61 Å². The van der Waals surface area contributed by atoms with E-state index < -0.39 is 0 Å². The lowest BCUT2D eigenvalue weighted by molar-refractivity contribution is -0.121. The summed E-state index contributed by atoms with van der Waals surface area (Å²) in [4.78, 5) is 11.6. The summed E-state index contributed by atoms with van der Waals surface area (Å²) in [5, 5.41) is 6.16. The van der Waals surface area contributed by atoms with Gasteiger partial charge in [0.15, 0.2) is 0 Å². The van der Waals surface area contributed by atoms with Crippen LogP contribution in [0.4, 0.5) is 0 Å². The van der Waals surface area contributed by atoms with Crippen LogP contribution in [0, 0.1) is 0 Å². The van der Waals surface area contributed by atoms with E-state index in [9.17, 15) is 4.79 Å². The zero-order chi connectivity index (χ0) is 13.9. The molecule has 1 rings (SSSR count).